The highest BCUT2D eigenvalue weighted by molar-refractivity contribution is 5.47. The van der Waals surface area contributed by atoms with Crippen LogP contribution in [0.5, 0.6) is 0 Å². The minimum absolute atomic E-state index is 0.239. The van der Waals surface area contributed by atoms with Crippen molar-refractivity contribution in [2.24, 2.45) is 0 Å². The zero-order chi connectivity index (χ0) is 12.5. The molecule has 1 aromatic carbocycles. The topological polar surface area (TPSA) is 63.4 Å². The van der Waals surface area contributed by atoms with Gasteiger partial charge in [0.2, 0.25) is 0 Å². The van der Waals surface area contributed by atoms with Crippen molar-refractivity contribution in [1.29, 1.82) is 0 Å². The molecule has 0 aliphatic carbocycles. The van der Waals surface area contributed by atoms with E-state index in [1.165, 1.54) is 0 Å². The Hall–Kier alpha value is -1.63. The van der Waals surface area contributed by atoms with Crippen molar-refractivity contribution in [3.05, 3.63) is 38.9 Å². The van der Waals surface area contributed by atoms with E-state index in [1.807, 2.05) is 0 Å². The van der Waals surface area contributed by atoms with Gasteiger partial charge in [0.1, 0.15) is 0 Å². The fourth-order valence-electron chi connectivity index (χ4n) is 1.34. The van der Waals surface area contributed by atoms with Gasteiger partial charge < -0.3 is 5.11 Å². The van der Waals surface area contributed by atoms with Crippen molar-refractivity contribution in [2.75, 3.05) is 0 Å². The SMILES string of the molecule is Cc1cc([N+](=O)[O-])c(CO)cc1C(F)(F)F. The number of hydrogen-bond acceptors (Lipinski definition) is 3. The fraction of sp³-hybridized carbons (Fsp3) is 0.333. The fourth-order valence-corrected chi connectivity index (χ4v) is 1.34. The molecule has 1 rings (SSSR count). The summed E-state index contributed by atoms with van der Waals surface area (Å²) in [6, 6.07) is 1.42. The van der Waals surface area contributed by atoms with Gasteiger partial charge in [-0.3, -0.25) is 10.1 Å². The molecule has 0 radical (unpaired) electrons. The molecule has 0 spiro atoms. The Morgan fingerprint density at radius 2 is 2.00 bits per heavy atom. The number of aliphatic hydroxyl groups is 1. The van der Waals surface area contributed by atoms with E-state index in [9.17, 15) is 23.3 Å². The van der Waals surface area contributed by atoms with Gasteiger partial charge in [0.25, 0.3) is 5.69 Å². The first kappa shape index (κ1) is 12.4. The molecule has 16 heavy (non-hydrogen) atoms. The molecule has 0 bridgehead atoms. The number of hydrogen-bond donors (Lipinski definition) is 1. The van der Waals surface area contributed by atoms with Crippen LogP contribution in [-0.4, -0.2) is 10.0 Å². The van der Waals surface area contributed by atoms with Crippen molar-refractivity contribution in [2.45, 2.75) is 19.7 Å². The lowest BCUT2D eigenvalue weighted by Crippen LogP contribution is -2.09. The third-order valence-electron chi connectivity index (χ3n) is 2.10. The Labute approximate surface area is 88.5 Å². The van der Waals surface area contributed by atoms with Crippen LogP contribution in [0, 0.1) is 17.0 Å². The summed E-state index contributed by atoms with van der Waals surface area (Å²) in [7, 11) is 0. The first-order valence-corrected chi connectivity index (χ1v) is 4.23. The molecule has 0 amide bonds. The Morgan fingerprint density at radius 3 is 2.38 bits per heavy atom. The van der Waals surface area contributed by atoms with Crippen LogP contribution in [0.4, 0.5) is 18.9 Å². The van der Waals surface area contributed by atoms with Crippen LogP contribution in [0.1, 0.15) is 16.7 Å². The summed E-state index contributed by atoms with van der Waals surface area (Å²) in [5.74, 6) is 0. The first-order valence-electron chi connectivity index (χ1n) is 4.23. The number of rotatable bonds is 2. The molecular formula is C9H8F3NO3. The lowest BCUT2D eigenvalue weighted by molar-refractivity contribution is -0.385. The lowest BCUT2D eigenvalue weighted by atomic mass is 10.0. The lowest BCUT2D eigenvalue weighted by Gasteiger charge is -2.11. The van der Waals surface area contributed by atoms with Gasteiger partial charge in [0.15, 0.2) is 0 Å². The largest absolute Gasteiger partial charge is 0.416 e. The molecule has 0 saturated heterocycles. The van der Waals surface area contributed by atoms with Gasteiger partial charge in [0, 0.05) is 6.07 Å². The highest BCUT2D eigenvalue weighted by Gasteiger charge is 2.34. The van der Waals surface area contributed by atoms with Crippen LogP contribution in [0.25, 0.3) is 0 Å². The van der Waals surface area contributed by atoms with E-state index in [4.69, 9.17) is 5.11 Å². The van der Waals surface area contributed by atoms with Gasteiger partial charge in [-0.1, -0.05) is 0 Å². The zero-order valence-electron chi connectivity index (χ0n) is 8.21. The molecule has 0 aliphatic heterocycles. The maximum Gasteiger partial charge on any atom is 0.416 e. The predicted octanol–water partition coefficient (Wildman–Crippen LogP) is 2.41. The summed E-state index contributed by atoms with van der Waals surface area (Å²) >= 11 is 0. The van der Waals surface area contributed by atoms with Crippen molar-refractivity contribution in [1.82, 2.24) is 0 Å². The summed E-state index contributed by atoms with van der Waals surface area (Å²) < 4.78 is 37.3. The van der Waals surface area contributed by atoms with E-state index in [1.54, 1.807) is 0 Å². The molecular weight excluding hydrogens is 227 g/mol. The van der Waals surface area contributed by atoms with Crippen molar-refractivity contribution >= 4 is 5.69 Å². The van der Waals surface area contributed by atoms with E-state index in [0.717, 1.165) is 13.0 Å². The van der Waals surface area contributed by atoms with E-state index < -0.39 is 29.0 Å². The number of nitro benzene ring substituents is 1. The predicted molar refractivity (Wildman–Crippen MR) is 48.8 cm³/mol. The molecule has 4 nitrogen and oxygen atoms in total. The standard InChI is InChI=1S/C9H8F3NO3/c1-5-2-8(13(15)16)6(4-14)3-7(5)9(10,11)12/h2-3,14H,4H2,1H3. The quantitative estimate of drug-likeness (QED) is 0.632. The third-order valence-corrected chi connectivity index (χ3v) is 2.10. The number of aliphatic hydroxyl groups excluding tert-OH is 1. The summed E-state index contributed by atoms with van der Waals surface area (Å²) in [6.45, 7) is 0.330. The van der Waals surface area contributed by atoms with Crippen LogP contribution in [0.3, 0.4) is 0 Å². The molecule has 1 aromatic rings. The minimum Gasteiger partial charge on any atom is -0.391 e. The molecule has 0 fully saturated rings. The second kappa shape index (κ2) is 4.09. The summed E-state index contributed by atoms with van der Waals surface area (Å²) in [5.41, 5.74) is -2.06. The highest BCUT2D eigenvalue weighted by Crippen LogP contribution is 2.35. The molecule has 0 unspecified atom stereocenters. The monoisotopic (exact) mass is 235 g/mol. The maximum absolute atomic E-state index is 12.4. The molecule has 1 N–H and O–H groups in total. The Balaban J connectivity index is 3.43. The number of aryl methyl sites for hydroxylation is 1. The Bertz CT molecular complexity index is 429. The average molecular weight is 235 g/mol. The van der Waals surface area contributed by atoms with E-state index >= 15 is 0 Å². The number of nitrogens with zero attached hydrogens (tertiary/aromatic N) is 1. The van der Waals surface area contributed by atoms with E-state index in [2.05, 4.69) is 0 Å². The third kappa shape index (κ3) is 2.30. The van der Waals surface area contributed by atoms with Gasteiger partial charge in [0.05, 0.1) is 22.7 Å². The minimum atomic E-state index is -4.58. The van der Waals surface area contributed by atoms with E-state index in [-0.39, 0.29) is 11.1 Å². The summed E-state index contributed by atoms with van der Waals surface area (Å²) in [4.78, 5) is 9.69. The van der Waals surface area contributed by atoms with Crippen LogP contribution in [0.15, 0.2) is 12.1 Å². The maximum atomic E-state index is 12.4. The second-order valence-corrected chi connectivity index (χ2v) is 3.21. The second-order valence-electron chi connectivity index (χ2n) is 3.21. The smallest absolute Gasteiger partial charge is 0.391 e. The highest BCUT2D eigenvalue weighted by atomic mass is 19.4. The van der Waals surface area contributed by atoms with Crippen molar-refractivity contribution in [3.8, 4) is 0 Å². The van der Waals surface area contributed by atoms with Gasteiger partial charge in [-0.05, 0) is 18.6 Å². The molecule has 88 valence electrons. The van der Waals surface area contributed by atoms with Crippen LogP contribution in [-0.2, 0) is 12.8 Å². The number of alkyl halides is 3. The Kier molecular flexibility index (Phi) is 3.18. The van der Waals surface area contributed by atoms with E-state index in [0.29, 0.717) is 6.07 Å². The molecule has 0 aromatic heterocycles. The summed E-state index contributed by atoms with van der Waals surface area (Å²) in [5, 5.41) is 19.3. The van der Waals surface area contributed by atoms with Crippen LogP contribution in [0.2, 0.25) is 0 Å². The Morgan fingerprint density at radius 1 is 1.44 bits per heavy atom. The average Bonchev–Trinajstić information content (AvgIpc) is 2.15. The van der Waals surface area contributed by atoms with Gasteiger partial charge >= 0.3 is 6.18 Å². The molecule has 0 heterocycles. The summed E-state index contributed by atoms with van der Waals surface area (Å²) in [6.07, 6.45) is -4.58. The molecule has 7 heteroatoms. The number of benzene rings is 1. The molecule has 0 saturated carbocycles. The van der Waals surface area contributed by atoms with Gasteiger partial charge in [-0.2, -0.15) is 13.2 Å². The van der Waals surface area contributed by atoms with Crippen LogP contribution >= 0.6 is 0 Å². The zero-order valence-corrected chi connectivity index (χ0v) is 8.21. The molecule has 0 aliphatic rings. The van der Waals surface area contributed by atoms with Crippen molar-refractivity contribution in [3.63, 3.8) is 0 Å². The van der Waals surface area contributed by atoms with Gasteiger partial charge in [-0.15, -0.1) is 0 Å². The first-order chi connectivity index (χ1) is 7.27. The normalized spacial score (nSPS) is 11.6. The number of halogens is 3. The number of nitro groups is 1. The molecule has 0 atom stereocenters. The van der Waals surface area contributed by atoms with Gasteiger partial charge in [-0.25, -0.2) is 0 Å². The van der Waals surface area contributed by atoms with Crippen molar-refractivity contribution < 1.29 is 23.2 Å². The van der Waals surface area contributed by atoms with Crippen LogP contribution < -0.4 is 0 Å².